The summed E-state index contributed by atoms with van der Waals surface area (Å²) < 4.78 is 19.1. The highest BCUT2D eigenvalue weighted by molar-refractivity contribution is 5.34. The molecule has 0 bridgehead atoms. The van der Waals surface area contributed by atoms with E-state index in [0.717, 1.165) is 5.56 Å². The van der Waals surface area contributed by atoms with Crippen LogP contribution in [0.2, 0.25) is 0 Å². The fourth-order valence-corrected chi connectivity index (χ4v) is 1.75. The van der Waals surface area contributed by atoms with Gasteiger partial charge in [0, 0.05) is 23.2 Å². The molecule has 2 rings (SSSR count). The SMILES string of the molecule is C[C@@H](N)c1ccc(OCC#Cc2ccccc2)cc1F. The Hall–Kier alpha value is -2.31. The number of ether oxygens (including phenoxy) is 1. The summed E-state index contributed by atoms with van der Waals surface area (Å²) >= 11 is 0. The fourth-order valence-electron chi connectivity index (χ4n) is 1.75. The molecule has 2 nitrogen and oxygen atoms in total. The summed E-state index contributed by atoms with van der Waals surface area (Å²) in [5, 5.41) is 0. The van der Waals surface area contributed by atoms with Gasteiger partial charge in [0.25, 0.3) is 0 Å². The van der Waals surface area contributed by atoms with E-state index in [0.29, 0.717) is 11.3 Å². The Balaban J connectivity index is 1.95. The Bertz CT molecular complexity index is 626. The predicted octanol–water partition coefficient (Wildman–Crippen LogP) is 3.28. The van der Waals surface area contributed by atoms with Crippen LogP contribution in [0, 0.1) is 17.7 Å². The van der Waals surface area contributed by atoms with E-state index in [2.05, 4.69) is 11.8 Å². The van der Waals surface area contributed by atoms with Crippen LogP contribution in [0.4, 0.5) is 4.39 Å². The van der Waals surface area contributed by atoms with E-state index in [-0.39, 0.29) is 18.5 Å². The van der Waals surface area contributed by atoms with Crippen LogP contribution in [0.15, 0.2) is 48.5 Å². The molecule has 0 aliphatic heterocycles. The first-order valence-corrected chi connectivity index (χ1v) is 6.38. The van der Waals surface area contributed by atoms with Crippen LogP contribution >= 0.6 is 0 Å². The summed E-state index contributed by atoms with van der Waals surface area (Å²) in [6, 6.07) is 14.0. The van der Waals surface area contributed by atoms with Crippen LogP contribution in [0.5, 0.6) is 5.75 Å². The molecule has 2 aromatic carbocycles. The second kappa shape index (κ2) is 6.74. The number of hydrogen-bond acceptors (Lipinski definition) is 2. The molecule has 2 aromatic rings. The molecule has 0 heterocycles. The molecule has 0 aliphatic carbocycles. The zero-order valence-electron chi connectivity index (χ0n) is 11.3. The van der Waals surface area contributed by atoms with E-state index in [9.17, 15) is 4.39 Å². The molecule has 102 valence electrons. The van der Waals surface area contributed by atoms with Gasteiger partial charge in [-0.3, -0.25) is 0 Å². The zero-order chi connectivity index (χ0) is 14.4. The normalized spacial score (nSPS) is 11.3. The van der Waals surface area contributed by atoms with Gasteiger partial charge >= 0.3 is 0 Å². The maximum absolute atomic E-state index is 13.7. The van der Waals surface area contributed by atoms with Gasteiger partial charge in [-0.15, -0.1) is 0 Å². The highest BCUT2D eigenvalue weighted by atomic mass is 19.1. The largest absolute Gasteiger partial charge is 0.481 e. The average Bonchev–Trinajstić information content (AvgIpc) is 2.44. The van der Waals surface area contributed by atoms with Crippen molar-refractivity contribution < 1.29 is 9.13 Å². The van der Waals surface area contributed by atoms with Crippen LogP contribution in [-0.4, -0.2) is 6.61 Å². The number of hydrogen-bond donors (Lipinski definition) is 1. The Morgan fingerprint density at radius 1 is 1.20 bits per heavy atom. The van der Waals surface area contributed by atoms with E-state index < -0.39 is 0 Å². The first kappa shape index (κ1) is 14.1. The van der Waals surface area contributed by atoms with Crippen LogP contribution in [0.3, 0.4) is 0 Å². The van der Waals surface area contributed by atoms with E-state index >= 15 is 0 Å². The predicted molar refractivity (Wildman–Crippen MR) is 77.8 cm³/mol. The lowest BCUT2D eigenvalue weighted by molar-refractivity contribution is 0.367. The first-order valence-electron chi connectivity index (χ1n) is 6.38. The molecule has 0 aromatic heterocycles. The van der Waals surface area contributed by atoms with Gasteiger partial charge in [0.15, 0.2) is 0 Å². The molecule has 0 unspecified atom stereocenters. The van der Waals surface area contributed by atoms with E-state index in [1.54, 1.807) is 19.1 Å². The Morgan fingerprint density at radius 3 is 2.60 bits per heavy atom. The standard InChI is InChI=1S/C17H16FNO/c1-13(19)16-10-9-15(12-17(16)18)20-11-5-8-14-6-3-2-4-7-14/h2-4,6-7,9-10,12-13H,11,19H2,1H3/t13-/m1/s1. The lowest BCUT2D eigenvalue weighted by Crippen LogP contribution is -2.07. The van der Waals surface area contributed by atoms with Crippen molar-refractivity contribution >= 4 is 0 Å². The van der Waals surface area contributed by atoms with Crippen LogP contribution < -0.4 is 10.5 Å². The van der Waals surface area contributed by atoms with Crippen molar-refractivity contribution in [3.63, 3.8) is 0 Å². The summed E-state index contributed by atoms with van der Waals surface area (Å²) in [5.41, 5.74) is 7.05. The van der Waals surface area contributed by atoms with Gasteiger partial charge in [-0.25, -0.2) is 4.39 Å². The summed E-state index contributed by atoms with van der Waals surface area (Å²) in [6.45, 7) is 1.95. The third-order valence-electron chi connectivity index (χ3n) is 2.78. The Morgan fingerprint density at radius 2 is 1.95 bits per heavy atom. The van der Waals surface area contributed by atoms with Gasteiger partial charge in [0.1, 0.15) is 18.2 Å². The van der Waals surface area contributed by atoms with Gasteiger partial charge in [-0.05, 0) is 25.1 Å². The highest BCUT2D eigenvalue weighted by Gasteiger charge is 2.07. The van der Waals surface area contributed by atoms with Crippen molar-refractivity contribution in [2.75, 3.05) is 6.61 Å². The second-order valence-corrected chi connectivity index (χ2v) is 4.43. The molecule has 0 saturated carbocycles. The van der Waals surface area contributed by atoms with Crippen LogP contribution in [0.25, 0.3) is 0 Å². The highest BCUT2D eigenvalue weighted by Crippen LogP contribution is 2.20. The molecule has 0 radical (unpaired) electrons. The zero-order valence-corrected chi connectivity index (χ0v) is 11.3. The lowest BCUT2D eigenvalue weighted by atomic mass is 10.1. The topological polar surface area (TPSA) is 35.2 Å². The number of halogens is 1. The molecular weight excluding hydrogens is 253 g/mol. The summed E-state index contributed by atoms with van der Waals surface area (Å²) in [6.07, 6.45) is 0. The minimum atomic E-state index is -0.353. The van der Waals surface area contributed by atoms with Crippen molar-refractivity contribution in [3.8, 4) is 17.6 Å². The molecule has 0 aliphatic rings. The summed E-state index contributed by atoms with van der Waals surface area (Å²) in [5.74, 6) is 5.96. The summed E-state index contributed by atoms with van der Waals surface area (Å²) in [7, 11) is 0. The van der Waals surface area contributed by atoms with E-state index in [1.165, 1.54) is 6.07 Å². The molecule has 0 saturated heterocycles. The van der Waals surface area contributed by atoms with Crippen molar-refractivity contribution in [2.45, 2.75) is 13.0 Å². The molecule has 0 spiro atoms. The maximum atomic E-state index is 13.7. The maximum Gasteiger partial charge on any atom is 0.149 e. The lowest BCUT2D eigenvalue weighted by Gasteiger charge is -2.08. The Kier molecular flexibility index (Phi) is 4.75. The van der Waals surface area contributed by atoms with Gasteiger partial charge in [-0.2, -0.15) is 0 Å². The van der Waals surface area contributed by atoms with Gasteiger partial charge < -0.3 is 10.5 Å². The van der Waals surface area contributed by atoms with Crippen molar-refractivity contribution in [1.29, 1.82) is 0 Å². The number of nitrogens with two attached hydrogens (primary N) is 1. The van der Waals surface area contributed by atoms with Gasteiger partial charge in [-0.1, -0.05) is 36.1 Å². The smallest absolute Gasteiger partial charge is 0.149 e. The monoisotopic (exact) mass is 269 g/mol. The third-order valence-corrected chi connectivity index (χ3v) is 2.78. The molecule has 2 N–H and O–H groups in total. The minimum Gasteiger partial charge on any atom is -0.481 e. The Labute approximate surface area is 118 Å². The molecule has 0 fully saturated rings. The van der Waals surface area contributed by atoms with Crippen LogP contribution in [0.1, 0.15) is 24.1 Å². The first-order chi connectivity index (χ1) is 9.66. The number of benzene rings is 2. The molecule has 20 heavy (non-hydrogen) atoms. The molecule has 0 amide bonds. The second-order valence-electron chi connectivity index (χ2n) is 4.43. The molecule has 3 heteroatoms. The van der Waals surface area contributed by atoms with Crippen LogP contribution in [-0.2, 0) is 0 Å². The fraction of sp³-hybridized carbons (Fsp3) is 0.176. The van der Waals surface area contributed by atoms with Crippen molar-refractivity contribution in [1.82, 2.24) is 0 Å². The van der Waals surface area contributed by atoms with E-state index in [1.807, 2.05) is 30.3 Å². The quantitative estimate of drug-likeness (QED) is 0.868. The van der Waals surface area contributed by atoms with E-state index in [4.69, 9.17) is 10.5 Å². The van der Waals surface area contributed by atoms with Gasteiger partial charge in [0.05, 0.1) is 0 Å². The average molecular weight is 269 g/mol. The minimum absolute atomic E-state index is 0.214. The molecular formula is C17H16FNO. The van der Waals surface area contributed by atoms with Gasteiger partial charge in [0.2, 0.25) is 0 Å². The molecule has 1 atom stereocenters. The van der Waals surface area contributed by atoms with Crippen molar-refractivity contribution in [2.24, 2.45) is 5.73 Å². The third kappa shape index (κ3) is 3.84. The van der Waals surface area contributed by atoms with Crippen molar-refractivity contribution in [3.05, 3.63) is 65.5 Å². The number of rotatable bonds is 3. The summed E-state index contributed by atoms with van der Waals surface area (Å²) in [4.78, 5) is 0.